The van der Waals surface area contributed by atoms with Gasteiger partial charge in [0.05, 0.1) is 9.83 Å². The second kappa shape index (κ2) is 6.40. The van der Waals surface area contributed by atoms with E-state index < -0.39 is 0 Å². The molecule has 84 valence electrons. The summed E-state index contributed by atoms with van der Waals surface area (Å²) in [6.07, 6.45) is 3.40. The third-order valence-corrected chi connectivity index (χ3v) is 3.88. The smallest absolute Gasteiger partial charge is 0.154 e. The Morgan fingerprint density at radius 3 is 2.87 bits per heavy atom. The number of nitrogens with two attached hydrogens (primary N) is 1. The third kappa shape index (κ3) is 4.45. The van der Waals surface area contributed by atoms with Gasteiger partial charge in [-0.05, 0) is 34.5 Å². The number of carbonyl (C=O) groups is 1. The van der Waals surface area contributed by atoms with Crippen molar-refractivity contribution in [1.29, 1.82) is 0 Å². The summed E-state index contributed by atoms with van der Waals surface area (Å²) < 4.78 is 1.06. The number of carbonyl (C=O) groups excluding carboxylic acids is 1. The molecule has 1 unspecified atom stereocenters. The molecule has 4 heteroatoms. The highest BCUT2D eigenvalue weighted by atomic mass is 79.9. The van der Waals surface area contributed by atoms with Crippen LogP contribution >= 0.6 is 27.3 Å². The third-order valence-electron chi connectivity index (χ3n) is 2.26. The first-order chi connectivity index (χ1) is 7.13. The van der Waals surface area contributed by atoms with Crippen LogP contribution in [0.4, 0.5) is 0 Å². The highest BCUT2D eigenvalue weighted by Crippen LogP contribution is 2.22. The van der Waals surface area contributed by atoms with E-state index in [9.17, 15) is 4.79 Å². The first-order valence-electron chi connectivity index (χ1n) is 5.16. The Hall–Kier alpha value is -0.190. The van der Waals surface area contributed by atoms with E-state index in [-0.39, 0.29) is 11.8 Å². The summed E-state index contributed by atoms with van der Waals surface area (Å²) in [6, 6.07) is 3.65. The maximum Gasteiger partial charge on any atom is 0.154 e. The van der Waals surface area contributed by atoms with Crippen molar-refractivity contribution < 1.29 is 4.79 Å². The molecule has 0 radical (unpaired) electrons. The van der Waals surface area contributed by atoms with Gasteiger partial charge in [-0.25, -0.2) is 0 Å². The largest absolute Gasteiger partial charge is 0.321 e. The number of hydrogen-bond donors (Lipinski definition) is 1. The van der Waals surface area contributed by atoms with Crippen molar-refractivity contribution >= 4 is 33.0 Å². The van der Waals surface area contributed by atoms with Crippen LogP contribution in [0, 0.1) is 0 Å². The van der Waals surface area contributed by atoms with E-state index in [2.05, 4.69) is 22.9 Å². The zero-order valence-corrected chi connectivity index (χ0v) is 11.2. The molecule has 1 heterocycles. The Labute approximate surface area is 103 Å². The number of hydrogen-bond acceptors (Lipinski definition) is 3. The molecule has 0 spiro atoms. The van der Waals surface area contributed by atoms with Crippen LogP contribution in [-0.4, -0.2) is 11.8 Å². The standard InChI is InChI=1S/C11H16BrNOS/c1-2-3-4-9(13)10(14)7-8-5-6-11(12)15-8/h5-6,9H,2-4,7,13H2,1H3. The van der Waals surface area contributed by atoms with Crippen LogP contribution < -0.4 is 5.73 Å². The molecule has 0 bridgehead atoms. The average Bonchev–Trinajstić information content (AvgIpc) is 2.60. The van der Waals surface area contributed by atoms with Gasteiger partial charge in [-0.3, -0.25) is 4.79 Å². The SMILES string of the molecule is CCCCC(N)C(=O)Cc1ccc(Br)s1. The minimum atomic E-state index is -0.286. The number of rotatable bonds is 6. The van der Waals surface area contributed by atoms with Crippen molar-refractivity contribution in [2.45, 2.75) is 38.6 Å². The van der Waals surface area contributed by atoms with E-state index in [1.807, 2.05) is 12.1 Å². The molecule has 1 rings (SSSR count). The second-order valence-corrected chi connectivity index (χ2v) is 6.15. The van der Waals surface area contributed by atoms with Gasteiger partial charge in [0.2, 0.25) is 0 Å². The van der Waals surface area contributed by atoms with Gasteiger partial charge in [0.15, 0.2) is 5.78 Å². The first kappa shape index (κ1) is 12.9. The monoisotopic (exact) mass is 289 g/mol. The molecule has 0 aliphatic carbocycles. The molecule has 0 saturated heterocycles. The van der Waals surface area contributed by atoms with Crippen molar-refractivity contribution in [2.24, 2.45) is 5.73 Å². The van der Waals surface area contributed by atoms with Gasteiger partial charge in [0, 0.05) is 11.3 Å². The molecule has 1 aromatic rings. The lowest BCUT2D eigenvalue weighted by Gasteiger charge is -2.08. The van der Waals surface area contributed by atoms with Gasteiger partial charge in [0.1, 0.15) is 0 Å². The molecular formula is C11H16BrNOS. The Kier molecular flexibility index (Phi) is 5.50. The van der Waals surface area contributed by atoms with Gasteiger partial charge in [-0.15, -0.1) is 11.3 Å². The normalized spacial score (nSPS) is 12.7. The molecular weight excluding hydrogens is 274 g/mol. The van der Waals surface area contributed by atoms with Crippen LogP contribution in [0.25, 0.3) is 0 Å². The summed E-state index contributed by atoms with van der Waals surface area (Å²) in [6.45, 7) is 2.10. The minimum absolute atomic E-state index is 0.151. The van der Waals surface area contributed by atoms with Crippen LogP contribution in [0.5, 0.6) is 0 Å². The average molecular weight is 290 g/mol. The Morgan fingerprint density at radius 2 is 2.33 bits per heavy atom. The van der Waals surface area contributed by atoms with Crippen LogP contribution in [0.3, 0.4) is 0 Å². The summed E-state index contributed by atoms with van der Waals surface area (Å²) in [5.41, 5.74) is 5.80. The predicted molar refractivity (Wildman–Crippen MR) is 68.2 cm³/mol. The Morgan fingerprint density at radius 1 is 1.60 bits per heavy atom. The van der Waals surface area contributed by atoms with Crippen LogP contribution in [0.2, 0.25) is 0 Å². The number of ketones is 1. The highest BCUT2D eigenvalue weighted by Gasteiger charge is 2.14. The molecule has 0 aliphatic rings. The van der Waals surface area contributed by atoms with Gasteiger partial charge >= 0.3 is 0 Å². The van der Waals surface area contributed by atoms with E-state index in [1.54, 1.807) is 11.3 Å². The molecule has 1 atom stereocenters. The summed E-state index contributed by atoms with van der Waals surface area (Å²) in [5, 5.41) is 0. The van der Waals surface area contributed by atoms with Gasteiger partial charge < -0.3 is 5.73 Å². The molecule has 15 heavy (non-hydrogen) atoms. The zero-order chi connectivity index (χ0) is 11.3. The van der Waals surface area contributed by atoms with E-state index in [0.717, 1.165) is 27.9 Å². The molecule has 2 nitrogen and oxygen atoms in total. The number of thiophene rings is 1. The molecule has 1 aromatic heterocycles. The lowest BCUT2D eigenvalue weighted by molar-refractivity contribution is -0.119. The van der Waals surface area contributed by atoms with E-state index in [1.165, 1.54) is 0 Å². The number of Topliss-reactive ketones (excluding diaryl/α,β-unsaturated/α-hetero) is 1. The van der Waals surface area contributed by atoms with Gasteiger partial charge in [-0.1, -0.05) is 19.8 Å². The van der Waals surface area contributed by atoms with E-state index >= 15 is 0 Å². The maximum atomic E-state index is 11.7. The lowest BCUT2D eigenvalue weighted by Crippen LogP contribution is -2.31. The van der Waals surface area contributed by atoms with E-state index in [4.69, 9.17) is 5.73 Å². The zero-order valence-electron chi connectivity index (χ0n) is 8.83. The van der Waals surface area contributed by atoms with Crippen LogP contribution in [-0.2, 0) is 11.2 Å². The quantitative estimate of drug-likeness (QED) is 0.874. The first-order valence-corrected chi connectivity index (χ1v) is 6.77. The van der Waals surface area contributed by atoms with Crippen molar-refractivity contribution in [1.82, 2.24) is 0 Å². The van der Waals surface area contributed by atoms with Crippen molar-refractivity contribution in [3.8, 4) is 0 Å². The number of unbranched alkanes of at least 4 members (excludes halogenated alkanes) is 1. The van der Waals surface area contributed by atoms with Crippen molar-refractivity contribution in [2.75, 3.05) is 0 Å². The van der Waals surface area contributed by atoms with Crippen LogP contribution in [0.1, 0.15) is 31.1 Å². The Bertz CT molecular complexity index is 324. The summed E-state index contributed by atoms with van der Waals surface area (Å²) >= 11 is 4.97. The minimum Gasteiger partial charge on any atom is -0.321 e. The number of halogens is 1. The summed E-state index contributed by atoms with van der Waals surface area (Å²) in [7, 11) is 0. The van der Waals surface area contributed by atoms with E-state index in [0.29, 0.717) is 6.42 Å². The highest BCUT2D eigenvalue weighted by molar-refractivity contribution is 9.11. The second-order valence-electron chi connectivity index (χ2n) is 3.60. The van der Waals surface area contributed by atoms with Gasteiger partial charge in [-0.2, -0.15) is 0 Å². The fourth-order valence-corrected chi connectivity index (χ4v) is 2.83. The molecule has 0 saturated carbocycles. The fraction of sp³-hybridized carbons (Fsp3) is 0.545. The maximum absolute atomic E-state index is 11.7. The fourth-order valence-electron chi connectivity index (χ4n) is 1.33. The molecule has 2 N–H and O–H groups in total. The van der Waals surface area contributed by atoms with Crippen LogP contribution in [0.15, 0.2) is 15.9 Å². The molecule has 0 fully saturated rings. The van der Waals surface area contributed by atoms with Crippen molar-refractivity contribution in [3.63, 3.8) is 0 Å². The Balaban J connectivity index is 2.41. The molecule has 0 aromatic carbocycles. The summed E-state index contributed by atoms with van der Waals surface area (Å²) in [4.78, 5) is 12.8. The van der Waals surface area contributed by atoms with Crippen molar-refractivity contribution in [3.05, 3.63) is 20.8 Å². The predicted octanol–water partition coefficient (Wildman–Crippen LogP) is 3.14. The van der Waals surface area contributed by atoms with Gasteiger partial charge in [0.25, 0.3) is 0 Å². The lowest BCUT2D eigenvalue weighted by atomic mass is 10.0. The summed E-state index contributed by atoms with van der Waals surface area (Å²) in [5.74, 6) is 0.151. The molecule has 0 amide bonds. The molecule has 0 aliphatic heterocycles. The topological polar surface area (TPSA) is 43.1 Å².